The maximum absolute atomic E-state index is 13.9. The molecule has 226 valence electrons. The number of hydrogen-bond acceptors (Lipinski definition) is 4. The van der Waals surface area contributed by atoms with E-state index >= 15 is 0 Å². The molecule has 1 saturated carbocycles. The molecule has 3 aliphatic rings. The molecule has 0 bridgehead atoms. The third-order valence-electron chi connectivity index (χ3n) is 8.66. The van der Waals surface area contributed by atoms with Gasteiger partial charge in [-0.05, 0) is 62.3 Å². The second-order valence-electron chi connectivity index (χ2n) is 11.4. The van der Waals surface area contributed by atoms with E-state index in [2.05, 4.69) is 10.4 Å². The van der Waals surface area contributed by atoms with Gasteiger partial charge in [0, 0.05) is 25.6 Å². The summed E-state index contributed by atoms with van der Waals surface area (Å²) >= 11 is 0. The molecule has 2 saturated heterocycles. The molecule has 1 aromatic heterocycles. The van der Waals surface area contributed by atoms with Crippen LogP contribution in [0, 0.1) is 0 Å². The number of carbonyl (C=O) groups is 3. The van der Waals surface area contributed by atoms with Gasteiger partial charge in [-0.2, -0.15) is 18.3 Å². The number of likely N-dealkylation sites (tertiary alicyclic amines) is 2. The van der Waals surface area contributed by atoms with E-state index in [9.17, 15) is 32.7 Å². The number of halogens is 3. The van der Waals surface area contributed by atoms with Gasteiger partial charge in [0.15, 0.2) is 0 Å². The number of nitrogens with zero attached hydrogens (tertiary/aromatic N) is 4. The summed E-state index contributed by atoms with van der Waals surface area (Å²) in [5, 5.41) is 16.7. The third kappa shape index (κ3) is 5.70. The Morgan fingerprint density at radius 3 is 2.28 bits per heavy atom. The lowest BCUT2D eigenvalue weighted by molar-refractivity contribution is -0.138. The second-order valence-corrected chi connectivity index (χ2v) is 11.4. The predicted octanol–water partition coefficient (Wildman–Crippen LogP) is 6.32. The molecule has 0 radical (unpaired) electrons. The van der Waals surface area contributed by atoms with Crippen molar-refractivity contribution in [3.05, 3.63) is 82.7 Å². The fraction of sp³-hybridized carbons (Fsp3) is 0.419. The number of carboxylic acid groups (broad SMARTS) is 1. The molecular weight excluding hydrogens is 563 g/mol. The Labute approximate surface area is 246 Å². The standard InChI is InChI=1S/C31H32F3N5O4/c32-31(33,34)24-8-3-1-6-21(24)26-10-5-15-38(26)28(40)23-18-35-39(27(23)19-11-12-19)20-13-16-37(17-14-20)30(43)36-25-9-4-2-7-22(25)29(41)42/h1-4,6-9,18-20,26H,5,10-17H2,(H,36,43)(H,41,42). The maximum Gasteiger partial charge on any atom is 0.416 e. The highest BCUT2D eigenvalue weighted by molar-refractivity contribution is 6.00. The Balaban J connectivity index is 1.18. The molecule has 6 rings (SSSR count). The van der Waals surface area contributed by atoms with E-state index in [0.29, 0.717) is 50.9 Å². The molecular formula is C31H32F3N5O4. The van der Waals surface area contributed by atoms with Crippen LogP contribution < -0.4 is 5.32 Å². The molecule has 1 unspecified atom stereocenters. The first kappa shape index (κ1) is 28.8. The molecule has 1 atom stereocenters. The number of alkyl halides is 3. The molecule has 3 aromatic rings. The molecule has 12 heteroatoms. The van der Waals surface area contributed by atoms with Crippen molar-refractivity contribution in [2.24, 2.45) is 0 Å². The van der Waals surface area contributed by atoms with Gasteiger partial charge in [-0.3, -0.25) is 9.48 Å². The Morgan fingerprint density at radius 2 is 1.58 bits per heavy atom. The summed E-state index contributed by atoms with van der Waals surface area (Å²) in [6, 6.07) is 10.6. The van der Waals surface area contributed by atoms with E-state index in [1.165, 1.54) is 18.2 Å². The van der Waals surface area contributed by atoms with Crippen LogP contribution in [0.3, 0.4) is 0 Å². The number of piperidine rings is 1. The highest BCUT2D eigenvalue weighted by atomic mass is 19.4. The van der Waals surface area contributed by atoms with Gasteiger partial charge in [0.2, 0.25) is 0 Å². The van der Waals surface area contributed by atoms with E-state index in [1.54, 1.807) is 40.3 Å². The average molecular weight is 596 g/mol. The Bertz CT molecular complexity index is 1540. The van der Waals surface area contributed by atoms with E-state index in [0.717, 1.165) is 24.6 Å². The first-order valence-electron chi connectivity index (χ1n) is 14.6. The van der Waals surface area contributed by atoms with Crippen molar-refractivity contribution in [1.82, 2.24) is 19.6 Å². The topological polar surface area (TPSA) is 108 Å². The van der Waals surface area contributed by atoms with Crippen LogP contribution in [0.4, 0.5) is 23.7 Å². The second kappa shape index (κ2) is 11.4. The van der Waals surface area contributed by atoms with Crippen LogP contribution in [0.5, 0.6) is 0 Å². The lowest BCUT2D eigenvalue weighted by atomic mass is 9.97. The normalized spacial score (nSPS) is 19.5. The van der Waals surface area contributed by atoms with Crippen LogP contribution in [-0.4, -0.2) is 62.2 Å². The van der Waals surface area contributed by atoms with Crippen LogP contribution in [0.1, 0.15) is 94.1 Å². The molecule has 3 amide bonds. The summed E-state index contributed by atoms with van der Waals surface area (Å²) in [4.78, 5) is 41.5. The zero-order chi connectivity index (χ0) is 30.3. The van der Waals surface area contributed by atoms with E-state index < -0.39 is 23.8 Å². The highest BCUT2D eigenvalue weighted by Gasteiger charge is 2.42. The number of urea groups is 1. The number of anilines is 1. The molecule has 0 spiro atoms. The Morgan fingerprint density at radius 1 is 0.884 bits per heavy atom. The van der Waals surface area contributed by atoms with Crippen molar-refractivity contribution in [2.45, 2.75) is 62.7 Å². The van der Waals surface area contributed by atoms with Crippen molar-refractivity contribution in [3.63, 3.8) is 0 Å². The molecule has 9 nitrogen and oxygen atoms in total. The zero-order valence-electron chi connectivity index (χ0n) is 23.4. The molecule has 2 aliphatic heterocycles. The van der Waals surface area contributed by atoms with Crippen LogP contribution in [0.2, 0.25) is 0 Å². The van der Waals surface area contributed by atoms with Crippen LogP contribution in [0.15, 0.2) is 54.7 Å². The summed E-state index contributed by atoms with van der Waals surface area (Å²) in [7, 11) is 0. The van der Waals surface area contributed by atoms with Crippen molar-refractivity contribution in [2.75, 3.05) is 25.0 Å². The number of benzene rings is 2. The number of nitrogens with one attached hydrogen (secondary N) is 1. The Kier molecular flexibility index (Phi) is 7.61. The van der Waals surface area contributed by atoms with Crippen molar-refractivity contribution in [1.29, 1.82) is 0 Å². The van der Waals surface area contributed by atoms with E-state index in [-0.39, 0.29) is 40.7 Å². The maximum atomic E-state index is 13.9. The summed E-state index contributed by atoms with van der Waals surface area (Å²) in [5.41, 5.74) is 0.933. The van der Waals surface area contributed by atoms with Gasteiger partial charge < -0.3 is 20.2 Å². The number of hydrogen-bond donors (Lipinski definition) is 2. The number of carbonyl (C=O) groups excluding carboxylic acids is 2. The van der Waals surface area contributed by atoms with Crippen LogP contribution >= 0.6 is 0 Å². The van der Waals surface area contributed by atoms with E-state index in [1.807, 2.05) is 4.68 Å². The minimum Gasteiger partial charge on any atom is -0.478 e. The van der Waals surface area contributed by atoms with Gasteiger partial charge in [-0.1, -0.05) is 30.3 Å². The van der Waals surface area contributed by atoms with Crippen LogP contribution in [-0.2, 0) is 6.18 Å². The monoisotopic (exact) mass is 595 g/mol. The highest BCUT2D eigenvalue weighted by Crippen LogP contribution is 2.45. The largest absolute Gasteiger partial charge is 0.478 e. The minimum absolute atomic E-state index is 0.00989. The average Bonchev–Trinajstić information content (AvgIpc) is 3.54. The van der Waals surface area contributed by atoms with Crippen molar-refractivity contribution < 1.29 is 32.7 Å². The quantitative estimate of drug-likeness (QED) is 0.347. The lowest BCUT2D eigenvalue weighted by Gasteiger charge is -2.33. The van der Waals surface area contributed by atoms with Gasteiger partial charge in [0.25, 0.3) is 5.91 Å². The van der Waals surface area contributed by atoms with Crippen molar-refractivity contribution >= 4 is 23.6 Å². The smallest absolute Gasteiger partial charge is 0.416 e. The summed E-state index contributed by atoms with van der Waals surface area (Å²) < 4.78 is 43.3. The summed E-state index contributed by atoms with van der Waals surface area (Å²) in [5.74, 6) is -1.25. The first-order valence-corrected chi connectivity index (χ1v) is 14.6. The molecule has 43 heavy (non-hydrogen) atoms. The molecule has 3 heterocycles. The zero-order valence-corrected chi connectivity index (χ0v) is 23.4. The predicted molar refractivity (Wildman–Crippen MR) is 151 cm³/mol. The number of aromatic carboxylic acids is 1. The molecule has 1 aliphatic carbocycles. The molecule has 2 aromatic carbocycles. The lowest BCUT2D eigenvalue weighted by Crippen LogP contribution is -2.42. The Hall–Kier alpha value is -4.35. The van der Waals surface area contributed by atoms with Gasteiger partial charge in [-0.25, -0.2) is 9.59 Å². The minimum atomic E-state index is -4.51. The number of aromatic nitrogens is 2. The molecule has 3 fully saturated rings. The fourth-order valence-electron chi connectivity index (χ4n) is 6.41. The number of amides is 3. The first-order chi connectivity index (χ1) is 20.6. The summed E-state index contributed by atoms with van der Waals surface area (Å²) in [6.45, 7) is 1.21. The fourth-order valence-corrected chi connectivity index (χ4v) is 6.41. The van der Waals surface area contributed by atoms with E-state index in [4.69, 9.17) is 0 Å². The number of para-hydroxylation sites is 1. The van der Waals surface area contributed by atoms with Crippen LogP contribution in [0.25, 0.3) is 0 Å². The van der Waals surface area contributed by atoms with Gasteiger partial charge in [0.05, 0.1) is 46.4 Å². The number of carboxylic acids is 1. The van der Waals surface area contributed by atoms with Gasteiger partial charge in [0.1, 0.15) is 0 Å². The molecule has 2 N–H and O–H groups in total. The SMILES string of the molecule is O=C(O)c1ccccc1NC(=O)N1CCC(n2ncc(C(=O)N3CCCC3c3ccccc3C(F)(F)F)c2C2CC2)CC1. The number of rotatable bonds is 6. The van der Waals surface area contributed by atoms with Gasteiger partial charge >= 0.3 is 18.2 Å². The summed E-state index contributed by atoms with van der Waals surface area (Å²) in [6.07, 6.45) is 1.14. The van der Waals surface area contributed by atoms with Crippen molar-refractivity contribution in [3.8, 4) is 0 Å². The van der Waals surface area contributed by atoms with Gasteiger partial charge in [-0.15, -0.1) is 0 Å². The third-order valence-corrected chi connectivity index (χ3v) is 8.66.